The Morgan fingerprint density at radius 3 is 1.96 bits per heavy atom. The summed E-state index contributed by atoms with van der Waals surface area (Å²) in [6.45, 7) is 15.1. The van der Waals surface area contributed by atoms with Crippen LogP contribution < -0.4 is 8.97 Å². The van der Waals surface area contributed by atoms with E-state index in [0.717, 1.165) is 5.75 Å². The minimum Gasteiger partial charge on any atom is -0.489 e. The topological polar surface area (TPSA) is 12.5 Å². The van der Waals surface area contributed by atoms with E-state index < -0.39 is 16.5 Å². The second-order valence-corrected chi connectivity index (χ2v) is 18.0. The quantitative estimate of drug-likeness (QED) is 0.620. The number of hydrogen-bond acceptors (Lipinski definition) is 2. The molecule has 2 rings (SSSR count). The number of rotatable bonds is 6. The zero-order chi connectivity index (χ0) is 17.1. The van der Waals surface area contributed by atoms with Crippen molar-refractivity contribution in [2.45, 2.75) is 45.9 Å². The Labute approximate surface area is 143 Å². The standard InChI is InChI=1S/C19H29NOSi2/c1-22(2,3)20(23(4,5)6)18-13-10-14-19(15-18)21-16-17-11-8-7-9-12-17/h7-15H,16H2,1-6H3. The predicted octanol–water partition coefficient (Wildman–Crippen LogP) is 5.74. The van der Waals surface area contributed by atoms with Crippen molar-refractivity contribution in [3.05, 3.63) is 60.2 Å². The molecule has 0 amide bonds. The lowest BCUT2D eigenvalue weighted by Crippen LogP contribution is -2.59. The molecule has 0 aliphatic rings. The van der Waals surface area contributed by atoms with Gasteiger partial charge in [-0.2, -0.15) is 0 Å². The Morgan fingerprint density at radius 2 is 1.39 bits per heavy atom. The van der Waals surface area contributed by atoms with Crippen LogP contribution in [0.5, 0.6) is 5.75 Å². The molecular formula is C19H29NOSi2. The summed E-state index contributed by atoms with van der Waals surface area (Å²) in [5.41, 5.74) is 2.51. The highest BCUT2D eigenvalue weighted by molar-refractivity contribution is 6.99. The molecule has 23 heavy (non-hydrogen) atoms. The van der Waals surface area contributed by atoms with E-state index in [2.05, 4.69) is 79.9 Å². The molecule has 0 spiro atoms. The highest BCUT2D eigenvalue weighted by atomic mass is 28.4. The Bertz CT molecular complexity index is 616. The van der Waals surface area contributed by atoms with Crippen LogP contribution in [-0.2, 0) is 6.61 Å². The summed E-state index contributed by atoms with van der Waals surface area (Å²) in [5, 5.41) is 0. The van der Waals surface area contributed by atoms with Crippen LogP contribution in [0.15, 0.2) is 54.6 Å². The first-order chi connectivity index (χ1) is 10.7. The number of anilines is 1. The number of benzene rings is 2. The first-order valence-corrected chi connectivity index (χ1v) is 15.1. The van der Waals surface area contributed by atoms with E-state index in [1.54, 1.807) is 0 Å². The van der Waals surface area contributed by atoms with Gasteiger partial charge in [0.1, 0.15) is 28.8 Å². The predicted molar refractivity (Wildman–Crippen MR) is 106 cm³/mol. The lowest BCUT2D eigenvalue weighted by Gasteiger charge is -2.46. The van der Waals surface area contributed by atoms with E-state index in [1.807, 2.05) is 18.2 Å². The van der Waals surface area contributed by atoms with Crippen molar-refractivity contribution in [1.82, 2.24) is 0 Å². The maximum Gasteiger partial charge on any atom is 0.138 e. The van der Waals surface area contributed by atoms with Crippen LogP contribution >= 0.6 is 0 Å². The van der Waals surface area contributed by atoms with Crippen molar-refractivity contribution in [1.29, 1.82) is 0 Å². The maximum atomic E-state index is 6.01. The molecule has 2 aromatic carbocycles. The normalized spacial score (nSPS) is 12.1. The van der Waals surface area contributed by atoms with Gasteiger partial charge in [0.15, 0.2) is 0 Å². The van der Waals surface area contributed by atoms with Crippen molar-refractivity contribution >= 4 is 22.2 Å². The zero-order valence-electron chi connectivity index (χ0n) is 15.3. The molecule has 0 saturated heterocycles. The van der Waals surface area contributed by atoms with Crippen LogP contribution in [-0.4, -0.2) is 16.5 Å². The summed E-state index contributed by atoms with van der Waals surface area (Å²) < 4.78 is 8.73. The first kappa shape index (κ1) is 17.8. The lowest BCUT2D eigenvalue weighted by atomic mass is 10.2. The zero-order valence-corrected chi connectivity index (χ0v) is 17.3. The highest BCUT2D eigenvalue weighted by Gasteiger charge is 2.34. The van der Waals surface area contributed by atoms with E-state index in [4.69, 9.17) is 4.74 Å². The molecule has 124 valence electrons. The minimum atomic E-state index is -1.43. The van der Waals surface area contributed by atoms with E-state index in [0.29, 0.717) is 6.61 Å². The highest BCUT2D eigenvalue weighted by Crippen LogP contribution is 2.31. The summed E-state index contributed by atoms with van der Waals surface area (Å²) in [5.74, 6) is 0.952. The lowest BCUT2D eigenvalue weighted by molar-refractivity contribution is 0.306. The average Bonchev–Trinajstić information content (AvgIpc) is 2.43. The van der Waals surface area contributed by atoms with Gasteiger partial charge in [-0.3, -0.25) is 0 Å². The van der Waals surface area contributed by atoms with E-state index in [-0.39, 0.29) is 0 Å². The summed E-state index contributed by atoms with van der Waals surface area (Å²) >= 11 is 0. The summed E-state index contributed by atoms with van der Waals surface area (Å²) in [4.78, 5) is 0. The summed E-state index contributed by atoms with van der Waals surface area (Å²) in [6, 6.07) is 18.9. The van der Waals surface area contributed by atoms with Gasteiger partial charge in [0.25, 0.3) is 0 Å². The van der Waals surface area contributed by atoms with Crippen molar-refractivity contribution in [3.63, 3.8) is 0 Å². The molecule has 0 saturated carbocycles. The third-order valence-electron chi connectivity index (χ3n) is 3.67. The third kappa shape index (κ3) is 4.98. The van der Waals surface area contributed by atoms with Gasteiger partial charge < -0.3 is 8.97 Å². The first-order valence-electron chi connectivity index (χ1n) is 8.25. The van der Waals surface area contributed by atoms with Crippen molar-refractivity contribution in [3.8, 4) is 5.75 Å². The molecule has 2 aromatic rings. The summed E-state index contributed by atoms with van der Waals surface area (Å²) in [6.07, 6.45) is 0. The van der Waals surface area contributed by atoms with E-state index in [9.17, 15) is 0 Å². The molecule has 2 nitrogen and oxygen atoms in total. The Morgan fingerprint density at radius 1 is 0.783 bits per heavy atom. The van der Waals surface area contributed by atoms with Crippen LogP contribution in [0.25, 0.3) is 0 Å². The molecule has 0 aromatic heterocycles. The molecule has 0 bridgehead atoms. The van der Waals surface area contributed by atoms with Crippen LogP contribution in [0.3, 0.4) is 0 Å². The van der Waals surface area contributed by atoms with Gasteiger partial charge in [-0.1, -0.05) is 75.7 Å². The van der Waals surface area contributed by atoms with Gasteiger partial charge in [-0.15, -0.1) is 0 Å². The Kier molecular flexibility index (Phi) is 5.37. The SMILES string of the molecule is C[Si](C)(C)N(c1cccc(OCc2ccccc2)c1)[Si](C)(C)C. The van der Waals surface area contributed by atoms with Gasteiger partial charge >= 0.3 is 0 Å². The van der Waals surface area contributed by atoms with Crippen LogP contribution in [0, 0.1) is 0 Å². The van der Waals surface area contributed by atoms with E-state index >= 15 is 0 Å². The smallest absolute Gasteiger partial charge is 0.138 e. The fourth-order valence-corrected chi connectivity index (χ4v) is 13.1. The second kappa shape index (κ2) is 6.93. The summed E-state index contributed by atoms with van der Waals surface area (Å²) in [7, 11) is -2.87. The van der Waals surface area contributed by atoms with Crippen molar-refractivity contribution in [2.75, 3.05) is 4.23 Å². The molecule has 0 aliphatic carbocycles. The van der Waals surface area contributed by atoms with Crippen molar-refractivity contribution < 1.29 is 4.74 Å². The number of ether oxygens (including phenoxy) is 1. The molecule has 0 fully saturated rings. The minimum absolute atomic E-state index is 0.615. The molecule has 0 heterocycles. The second-order valence-electron chi connectivity index (χ2n) is 7.95. The fourth-order valence-electron chi connectivity index (χ4n) is 3.23. The van der Waals surface area contributed by atoms with Gasteiger partial charge in [-0.05, 0) is 17.7 Å². The van der Waals surface area contributed by atoms with Gasteiger partial charge in [-0.25, -0.2) is 0 Å². The molecule has 0 radical (unpaired) electrons. The largest absolute Gasteiger partial charge is 0.489 e. The Balaban J connectivity index is 2.21. The molecule has 0 atom stereocenters. The van der Waals surface area contributed by atoms with Gasteiger partial charge in [0.05, 0.1) is 0 Å². The number of hydrogen-bond donors (Lipinski definition) is 0. The van der Waals surface area contributed by atoms with Gasteiger partial charge in [0, 0.05) is 11.8 Å². The van der Waals surface area contributed by atoms with Crippen LogP contribution in [0.4, 0.5) is 5.69 Å². The molecule has 0 unspecified atom stereocenters. The number of nitrogens with zero attached hydrogens (tertiary/aromatic N) is 1. The molecule has 0 N–H and O–H groups in total. The van der Waals surface area contributed by atoms with Crippen LogP contribution in [0.1, 0.15) is 5.56 Å². The third-order valence-corrected chi connectivity index (χ3v) is 10.9. The van der Waals surface area contributed by atoms with Crippen molar-refractivity contribution in [2.24, 2.45) is 0 Å². The molecule has 4 heteroatoms. The monoisotopic (exact) mass is 343 g/mol. The molecule has 0 aliphatic heterocycles. The Hall–Kier alpha value is -1.53. The van der Waals surface area contributed by atoms with Crippen LogP contribution in [0.2, 0.25) is 39.3 Å². The molecular weight excluding hydrogens is 314 g/mol. The fraction of sp³-hybridized carbons (Fsp3) is 0.368. The maximum absolute atomic E-state index is 6.01. The average molecular weight is 344 g/mol. The van der Waals surface area contributed by atoms with Gasteiger partial charge in [0.2, 0.25) is 0 Å². The van der Waals surface area contributed by atoms with E-state index in [1.165, 1.54) is 11.3 Å².